The predicted molar refractivity (Wildman–Crippen MR) is 515 cm³/mol. The highest BCUT2D eigenvalue weighted by Gasteiger charge is 2.40. The number of hydrogen-bond donors (Lipinski definition) is 0. The van der Waals surface area contributed by atoms with Gasteiger partial charge in [-0.2, -0.15) is 0 Å². The molecule has 118 heavy (non-hydrogen) atoms. The van der Waals surface area contributed by atoms with Gasteiger partial charge >= 0.3 is 0 Å². The van der Waals surface area contributed by atoms with Gasteiger partial charge in [0, 0.05) is 74.8 Å². The molecule has 0 spiro atoms. The average Bonchev–Trinajstić information content (AvgIpc) is 1.56. The lowest BCUT2D eigenvalue weighted by atomic mass is 9.78. The van der Waals surface area contributed by atoms with Crippen LogP contribution in [0.5, 0.6) is 0 Å². The molecule has 4 heterocycles. The molecule has 15 aromatic carbocycles. The zero-order chi connectivity index (χ0) is 79.7. The van der Waals surface area contributed by atoms with Crippen LogP contribution < -0.4 is 19.6 Å². The number of hydrogen-bond acceptors (Lipinski definition) is 8. The molecule has 0 aliphatic heterocycles. The normalized spacial score (nSPS) is 12.8. The average molecular weight is 1590 g/mol. The van der Waals surface area contributed by atoms with Crippen LogP contribution in [-0.2, 0) is 10.8 Å². The second-order valence-electron chi connectivity index (χ2n) is 31.9. The lowest BCUT2D eigenvalue weighted by Gasteiger charge is -2.27. The van der Waals surface area contributed by atoms with Gasteiger partial charge in [-0.05, 0) is 267 Å². The Bertz CT molecular complexity index is 7130. The van der Waals surface area contributed by atoms with E-state index in [1.54, 1.807) is 0 Å². The van der Waals surface area contributed by atoms with Crippen molar-refractivity contribution in [3.63, 3.8) is 0 Å². The van der Waals surface area contributed by atoms with E-state index in [1.165, 1.54) is 118 Å². The van der Waals surface area contributed by atoms with Crippen molar-refractivity contribution in [1.29, 1.82) is 0 Å². The minimum Gasteiger partial charge on any atom is -0.302 e. The highest BCUT2D eigenvalue weighted by molar-refractivity contribution is 7.25. The maximum Gasteiger partial charge on any atom is 0.101 e. The second kappa shape index (κ2) is 28.8. The van der Waals surface area contributed by atoms with Crippen LogP contribution in [0.25, 0.3) is 119 Å². The summed E-state index contributed by atoms with van der Waals surface area (Å²) in [5.74, 6) is 0. The van der Waals surface area contributed by atoms with Gasteiger partial charge in [0.1, 0.15) is 20.0 Å². The van der Waals surface area contributed by atoms with E-state index >= 15 is 0 Å². The second-order valence-corrected chi connectivity index (χ2v) is 36.2. The Morgan fingerprint density at radius 1 is 0.280 bits per heavy atom. The summed E-state index contributed by atoms with van der Waals surface area (Å²) in [5, 5.41) is 11.8. The van der Waals surface area contributed by atoms with Crippen molar-refractivity contribution in [3.8, 4) is 44.5 Å². The van der Waals surface area contributed by atoms with Crippen LogP contribution in [0.3, 0.4) is 0 Å². The van der Waals surface area contributed by atoms with E-state index in [0.717, 1.165) is 98.9 Å². The molecule has 564 valence electrons. The highest BCUT2D eigenvalue weighted by atomic mass is 32.1. The number of benzene rings is 15. The Balaban J connectivity index is 0.602. The topological polar surface area (TPSA) is 13.0 Å². The standard InChI is InChI=1S/C110H80N4S4/c1-9-70-31-37-75(38-32-70)77-43-53-87(54-44-77)114(99-30-19-24-78-23-15-16-25-91(78)99)107-66-82-62-100-79(61-103(82)118-107)63-104(115-100)111(86-51-41-76(42-52-86)74-21-13-12-14-22-74)85-49-39-73(40-50-85)69(4)90-27-20-28-93-95-68-89(56-58-98(95)110(7,8)108(90)93)113(84-47-35-72(11-3)36-48-84)106-65-81-60-101-80(59-102(81)117-106)64-105(116-101)112(83-45-33-71(10-2)34-46-83)88-55-57-97-94(67-88)92-26-17-18-29-96(92)109(97,5)6/h9-68H,1-4H2,5-8H3. The summed E-state index contributed by atoms with van der Waals surface area (Å²) in [7, 11) is 0. The molecule has 0 saturated carbocycles. The molecule has 8 heteroatoms. The molecule has 0 unspecified atom stereocenters. The van der Waals surface area contributed by atoms with E-state index in [4.69, 9.17) is 6.58 Å². The number of anilines is 12. The quantitative estimate of drug-likeness (QED) is 0.0800. The molecule has 0 radical (unpaired) electrons. The molecule has 2 aliphatic rings. The molecule has 0 atom stereocenters. The Hall–Kier alpha value is -13.4. The fraction of sp³-hybridized carbons (Fsp3) is 0.0545. The Morgan fingerprint density at radius 2 is 0.636 bits per heavy atom. The molecular weight excluding hydrogens is 1510 g/mol. The minimum absolute atomic E-state index is 0.0848. The van der Waals surface area contributed by atoms with Gasteiger partial charge in [0.2, 0.25) is 0 Å². The fourth-order valence-electron chi connectivity index (χ4n) is 18.2. The van der Waals surface area contributed by atoms with Crippen LogP contribution in [0.2, 0.25) is 0 Å². The maximum absolute atomic E-state index is 4.98. The SMILES string of the molecule is C=Cc1ccc(-c2ccc(N(c3cc4cc5sc(N(c6ccc(C(=C)c7cccc8c7C(C)(C)c7ccc(N(c9ccc(C=C)cc9)c9cc%10cc%11sc(N(c%12ccc(C=C)cc%12)c%12ccc%13c(c%12)-c%12ccccc%12C%13(C)C)cc%11cc%10s9)cc7-8)cc6)c6ccc(-c7ccccc7)cc6)cc5cc4s3)c3cccc4ccccc34)cc2)cc1. The Labute approximate surface area is 705 Å². The maximum atomic E-state index is 4.98. The van der Waals surface area contributed by atoms with E-state index in [0.29, 0.717) is 0 Å². The Kier molecular flexibility index (Phi) is 17.6. The van der Waals surface area contributed by atoms with Crippen LogP contribution in [0.4, 0.5) is 65.5 Å². The van der Waals surface area contributed by atoms with Gasteiger partial charge in [0.05, 0.1) is 5.69 Å². The predicted octanol–water partition coefficient (Wildman–Crippen LogP) is 33.5. The number of nitrogens with zero attached hydrogens (tertiary/aromatic N) is 4. The van der Waals surface area contributed by atoms with Crippen LogP contribution in [0, 0.1) is 0 Å². The highest BCUT2D eigenvalue weighted by Crippen LogP contribution is 2.57. The molecule has 21 rings (SSSR count). The zero-order valence-electron chi connectivity index (χ0n) is 65.9. The van der Waals surface area contributed by atoms with Crippen LogP contribution >= 0.6 is 45.3 Å². The first-order valence-corrected chi connectivity index (χ1v) is 43.4. The first-order chi connectivity index (χ1) is 57.7. The van der Waals surface area contributed by atoms with Gasteiger partial charge in [0.15, 0.2) is 0 Å². The fourth-order valence-corrected chi connectivity index (χ4v) is 22.7. The molecule has 0 amide bonds. The molecule has 19 aromatic rings. The van der Waals surface area contributed by atoms with Crippen molar-refractivity contribution in [1.82, 2.24) is 0 Å². The minimum atomic E-state index is -0.336. The van der Waals surface area contributed by atoms with Crippen molar-refractivity contribution < 1.29 is 0 Å². The molecule has 4 aromatic heterocycles. The van der Waals surface area contributed by atoms with Gasteiger partial charge in [-0.25, -0.2) is 0 Å². The lowest BCUT2D eigenvalue weighted by Crippen LogP contribution is -2.17. The number of fused-ring (bicyclic) bond motifs is 11. The number of rotatable bonds is 19. The van der Waals surface area contributed by atoms with Crippen molar-refractivity contribution >= 4 is 186 Å². The van der Waals surface area contributed by atoms with E-state index in [1.807, 2.05) is 63.6 Å². The zero-order valence-corrected chi connectivity index (χ0v) is 69.2. The lowest BCUT2D eigenvalue weighted by molar-refractivity contribution is 0.658. The summed E-state index contributed by atoms with van der Waals surface area (Å²) in [6.07, 6.45) is 5.72. The third-order valence-corrected chi connectivity index (χ3v) is 28.6. The van der Waals surface area contributed by atoms with Crippen molar-refractivity contribution in [2.75, 3.05) is 19.6 Å². The first kappa shape index (κ1) is 72.3. The van der Waals surface area contributed by atoms with Gasteiger partial charge < -0.3 is 19.6 Å². The van der Waals surface area contributed by atoms with Gasteiger partial charge in [-0.3, -0.25) is 0 Å². The summed E-state index contributed by atoms with van der Waals surface area (Å²) in [6.45, 7) is 26.6. The Morgan fingerprint density at radius 3 is 1.14 bits per heavy atom. The third kappa shape index (κ3) is 12.4. The molecule has 0 N–H and O–H groups in total. The summed E-state index contributed by atoms with van der Waals surface area (Å²) in [6, 6.07) is 128. The first-order valence-electron chi connectivity index (χ1n) is 40.1. The molecule has 0 fully saturated rings. The van der Waals surface area contributed by atoms with E-state index in [2.05, 4.69) is 413 Å². The van der Waals surface area contributed by atoms with E-state index in [-0.39, 0.29) is 10.8 Å². The van der Waals surface area contributed by atoms with E-state index < -0.39 is 0 Å². The van der Waals surface area contributed by atoms with Gasteiger partial charge in [-0.15, -0.1) is 45.3 Å². The summed E-state index contributed by atoms with van der Waals surface area (Å²) >= 11 is 7.34. The van der Waals surface area contributed by atoms with Crippen LogP contribution in [0.15, 0.2) is 372 Å². The smallest absolute Gasteiger partial charge is 0.101 e. The largest absolute Gasteiger partial charge is 0.302 e. The summed E-state index contributed by atoms with van der Waals surface area (Å²) in [5.41, 5.74) is 30.0. The van der Waals surface area contributed by atoms with E-state index in [9.17, 15) is 0 Å². The van der Waals surface area contributed by atoms with Gasteiger partial charge in [-0.1, -0.05) is 278 Å². The molecule has 4 nitrogen and oxygen atoms in total. The number of thiophene rings is 4. The van der Waals surface area contributed by atoms with Crippen LogP contribution in [0.1, 0.15) is 77.8 Å². The summed E-state index contributed by atoms with van der Waals surface area (Å²) < 4.78 is 4.92. The molecular formula is C110H80N4S4. The monoisotopic (exact) mass is 1580 g/mol. The van der Waals surface area contributed by atoms with Crippen LogP contribution in [-0.4, -0.2) is 0 Å². The molecule has 0 saturated heterocycles. The molecule has 0 bridgehead atoms. The summed E-state index contributed by atoms with van der Waals surface area (Å²) in [4.78, 5) is 9.74. The van der Waals surface area contributed by atoms with Crippen molar-refractivity contribution in [2.45, 2.75) is 38.5 Å². The van der Waals surface area contributed by atoms with Crippen molar-refractivity contribution in [2.24, 2.45) is 0 Å². The molecule has 2 aliphatic carbocycles. The van der Waals surface area contributed by atoms with Crippen molar-refractivity contribution in [3.05, 3.63) is 422 Å². The third-order valence-electron chi connectivity index (χ3n) is 24.3. The van der Waals surface area contributed by atoms with Gasteiger partial charge in [0.25, 0.3) is 0 Å².